The molecule has 0 radical (unpaired) electrons. The fourth-order valence-electron chi connectivity index (χ4n) is 3.82. The zero-order chi connectivity index (χ0) is 26.0. The molecule has 2 N–H and O–H groups in total. The Kier molecular flexibility index (Phi) is 6.07. The second kappa shape index (κ2) is 8.29. The molecule has 0 bridgehead atoms. The van der Waals surface area contributed by atoms with Crippen LogP contribution in [0.15, 0.2) is 36.5 Å². The smallest absolute Gasteiger partial charge is 0.381 e. The highest BCUT2D eigenvalue weighted by atomic mass is 35.5. The van der Waals surface area contributed by atoms with Crippen LogP contribution in [0.5, 0.6) is 0 Å². The first-order chi connectivity index (χ1) is 16.1. The van der Waals surface area contributed by atoms with Gasteiger partial charge >= 0.3 is 6.18 Å². The predicted octanol–water partition coefficient (Wildman–Crippen LogP) is 4.64. The zero-order valence-electron chi connectivity index (χ0n) is 18.2. The van der Waals surface area contributed by atoms with Crippen molar-refractivity contribution in [2.24, 2.45) is 0 Å². The lowest BCUT2D eigenvalue weighted by atomic mass is 9.89. The summed E-state index contributed by atoms with van der Waals surface area (Å²) >= 11 is 11.4. The number of halogens is 7. The van der Waals surface area contributed by atoms with E-state index < -0.39 is 50.4 Å². The van der Waals surface area contributed by atoms with Gasteiger partial charge in [-0.1, -0.05) is 23.2 Å². The van der Waals surface area contributed by atoms with E-state index in [0.29, 0.717) is 0 Å². The number of rotatable bonds is 4. The van der Waals surface area contributed by atoms with E-state index in [-0.39, 0.29) is 30.0 Å². The molecule has 0 aliphatic carbocycles. The molecule has 0 saturated carbocycles. The van der Waals surface area contributed by atoms with Crippen LogP contribution in [0.3, 0.4) is 0 Å². The van der Waals surface area contributed by atoms with Gasteiger partial charge in [-0.05, 0) is 44.2 Å². The number of carbonyl (C=O) groups excluding carboxylic acids is 1. The molecule has 35 heavy (non-hydrogen) atoms. The van der Waals surface area contributed by atoms with Crippen molar-refractivity contribution in [1.29, 1.82) is 0 Å². The van der Waals surface area contributed by atoms with Gasteiger partial charge in [-0.2, -0.15) is 13.2 Å². The van der Waals surface area contributed by atoms with E-state index >= 15 is 4.39 Å². The van der Waals surface area contributed by atoms with E-state index in [1.165, 1.54) is 26.0 Å². The number of nitrogens with zero attached hydrogens (tertiary/aromatic N) is 2. The summed E-state index contributed by atoms with van der Waals surface area (Å²) in [6.07, 6.45) is -3.12. The second-order valence-electron chi connectivity index (χ2n) is 8.87. The van der Waals surface area contributed by atoms with Gasteiger partial charge in [0.15, 0.2) is 11.5 Å². The van der Waals surface area contributed by atoms with Crippen LogP contribution >= 0.6 is 23.2 Å². The van der Waals surface area contributed by atoms with Crippen molar-refractivity contribution in [3.05, 3.63) is 69.2 Å². The van der Waals surface area contributed by atoms with Crippen molar-refractivity contribution >= 4 is 34.8 Å². The Labute approximate surface area is 206 Å². The molecule has 1 fully saturated rings. The second-order valence-corrected chi connectivity index (χ2v) is 9.68. The summed E-state index contributed by atoms with van der Waals surface area (Å²) in [4.78, 5) is 22.1. The molecular formula is C22H18Cl2F5N3O3. The topological polar surface area (TPSA) is 74.7 Å². The predicted molar refractivity (Wildman–Crippen MR) is 116 cm³/mol. The SMILES string of the molecule is CC(C)(O)C(=O)N1CC(F)(c2ccc(C3=CC(c4cc(Cl)c(F)c(Cl)c4)(C(F)(F)F)ON3)cn2)C1. The number of likely N-dealkylation sites (tertiary alicyclic amines) is 1. The minimum atomic E-state index is -5.00. The Balaban J connectivity index is 1.61. The van der Waals surface area contributed by atoms with Crippen LogP contribution in [-0.4, -0.2) is 45.8 Å². The van der Waals surface area contributed by atoms with E-state index in [4.69, 9.17) is 28.0 Å². The average Bonchev–Trinajstić information content (AvgIpc) is 3.21. The minimum Gasteiger partial charge on any atom is -0.381 e. The molecule has 1 unspecified atom stereocenters. The third-order valence-electron chi connectivity index (χ3n) is 5.73. The summed E-state index contributed by atoms with van der Waals surface area (Å²) in [5.41, 5.74) is -5.02. The van der Waals surface area contributed by atoms with Gasteiger partial charge in [-0.25, -0.2) is 8.78 Å². The maximum Gasteiger partial charge on any atom is 0.428 e. The number of aromatic nitrogens is 1. The number of alkyl halides is 4. The Bertz CT molecular complexity index is 1190. The van der Waals surface area contributed by atoms with Gasteiger partial charge in [0.25, 0.3) is 5.91 Å². The number of hydrogen-bond donors (Lipinski definition) is 2. The maximum absolute atomic E-state index is 15.2. The van der Waals surface area contributed by atoms with Gasteiger partial charge < -0.3 is 10.0 Å². The van der Waals surface area contributed by atoms with Gasteiger partial charge in [0, 0.05) is 17.3 Å². The minimum absolute atomic E-state index is 0.0280. The van der Waals surface area contributed by atoms with Gasteiger partial charge in [-0.3, -0.25) is 20.1 Å². The molecule has 1 aromatic carbocycles. The number of amides is 1. The number of carbonyl (C=O) groups is 1. The van der Waals surface area contributed by atoms with E-state index in [9.17, 15) is 27.5 Å². The van der Waals surface area contributed by atoms with Crippen LogP contribution in [0.25, 0.3) is 5.70 Å². The quantitative estimate of drug-likeness (QED) is 0.439. The maximum atomic E-state index is 15.2. The van der Waals surface area contributed by atoms with Crippen LogP contribution in [-0.2, 0) is 20.9 Å². The van der Waals surface area contributed by atoms with Gasteiger partial charge in [0.05, 0.1) is 34.5 Å². The number of pyridine rings is 1. The number of hydrogen-bond acceptors (Lipinski definition) is 5. The van der Waals surface area contributed by atoms with Crippen molar-refractivity contribution in [3.63, 3.8) is 0 Å². The Morgan fingerprint density at radius 1 is 1.20 bits per heavy atom. The molecule has 2 aliphatic rings. The molecule has 4 rings (SSSR count). The largest absolute Gasteiger partial charge is 0.428 e. The average molecular weight is 538 g/mol. The number of nitrogens with one attached hydrogen (secondary N) is 1. The third-order valence-corrected chi connectivity index (χ3v) is 6.28. The van der Waals surface area contributed by atoms with Gasteiger partial charge in [-0.15, -0.1) is 0 Å². The van der Waals surface area contributed by atoms with Crippen LogP contribution < -0.4 is 5.48 Å². The first-order valence-electron chi connectivity index (χ1n) is 10.1. The lowest BCUT2D eigenvalue weighted by Gasteiger charge is -2.45. The van der Waals surface area contributed by atoms with Crippen LogP contribution in [0.4, 0.5) is 22.0 Å². The summed E-state index contributed by atoms with van der Waals surface area (Å²) in [5, 5.41) is 8.55. The standard InChI is InChI=1S/C22H18Cl2F5N3O3/c1-19(2,34)18(33)32-9-20(26,10-32)16-4-3-11(8-30-16)15-7-21(35-31-15,22(27,28)29)12-5-13(23)17(25)14(24)6-12/h3-8,31,34H,9-10H2,1-2H3. The molecule has 0 spiro atoms. The summed E-state index contributed by atoms with van der Waals surface area (Å²) in [6, 6.07) is 4.15. The lowest BCUT2D eigenvalue weighted by Crippen LogP contribution is -2.62. The monoisotopic (exact) mass is 537 g/mol. The van der Waals surface area contributed by atoms with Gasteiger partial charge in [0.1, 0.15) is 5.60 Å². The molecule has 3 heterocycles. The molecule has 1 aromatic heterocycles. The van der Waals surface area contributed by atoms with Crippen LogP contribution in [0.1, 0.15) is 30.7 Å². The molecule has 2 aromatic rings. The summed E-state index contributed by atoms with van der Waals surface area (Å²) in [5.74, 6) is -1.70. The highest BCUT2D eigenvalue weighted by Gasteiger charge is 2.60. The van der Waals surface area contributed by atoms with Crippen molar-refractivity contribution in [3.8, 4) is 0 Å². The molecule has 188 valence electrons. The summed E-state index contributed by atoms with van der Waals surface area (Å²) in [7, 11) is 0. The highest BCUT2D eigenvalue weighted by Crippen LogP contribution is 2.48. The molecule has 1 saturated heterocycles. The zero-order valence-corrected chi connectivity index (χ0v) is 19.7. The van der Waals surface area contributed by atoms with E-state index in [2.05, 4.69) is 10.5 Å². The van der Waals surface area contributed by atoms with Crippen molar-refractivity contribution in [2.45, 2.75) is 36.9 Å². The van der Waals surface area contributed by atoms with Crippen molar-refractivity contribution in [1.82, 2.24) is 15.4 Å². The summed E-state index contributed by atoms with van der Waals surface area (Å²) in [6.45, 7) is 1.94. The van der Waals surface area contributed by atoms with Crippen molar-refractivity contribution in [2.75, 3.05) is 13.1 Å². The third kappa shape index (κ3) is 4.35. The number of aliphatic hydroxyl groups is 1. The first-order valence-corrected chi connectivity index (χ1v) is 10.9. The number of benzene rings is 1. The van der Waals surface area contributed by atoms with Crippen molar-refractivity contribution < 1.29 is 36.7 Å². The van der Waals surface area contributed by atoms with Gasteiger partial charge in [0.2, 0.25) is 5.60 Å². The first kappa shape index (κ1) is 25.6. The van der Waals surface area contributed by atoms with Crippen LogP contribution in [0, 0.1) is 5.82 Å². The van der Waals surface area contributed by atoms with E-state index in [0.717, 1.165) is 29.3 Å². The highest BCUT2D eigenvalue weighted by molar-refractivity contribution is 6.35. The molecule has 1 amide bonds. The normalized spacial score (nSPS) is 21.9. The van der Waals surface area contributed by atoms with E-state index in [1.54, 1.807) is 0 Å². The number of hydroxylamine groups is 1. The molecule has 2 aliphatic heterocycles. The summed E-state index contributed by atoms with van der Waals surface area (Å²) < 4.78 is 71.3. The molecule has 13 heteroatoms. The molecule has 1 atom stereocenters. The Hall–Kier alpha value is -2.47. The van der Waals surface area contributed by atoms with Crippen LogP contribution in [0.2, 0.25) is 10.0 Å². The fourth-order valence-corrected chi connectivity index (χ4v) is 4.31. The van der Waals surface area contributed by atoms with E-state index in [1.807, 2.05) is 0 Å². The lowest BCUT2D eigenvalue weighted by molar-refractivity contribution is -0.269. The molecular weight excluding hydrogens is 520 g/mol. The fraction of sp³-hybridized carbons (Fsp3) is 0.364. The Morgan fingerprint density at radius 3 is 2.29 bits per heavy atom. The Morgan fingerprint density at radius 2 is 1.80 bits per heavy atom. The molecule has 6 nitrogen and oxygen atoms in total.